The summed E-state index contributed by atoms with van der Waals surface area (Å²) in [5, 5.41) is 0.981. The van der Waals surface area contributed by atoms with E-state index in [2.05, 4.69) is 4.98 Å². The number of benzene rings is 1. The van der Waals surface area contributed by atoms with E-state index in [0.29, 0.717) is 5.92 Å². The van der Waals surface area contributed by atoms with Gasteiger partial charge in [0.25, 0.3) is 0 Å². The third-order valence-corrected chi connectivity index (χ3v) is 4.40. The summed E-state index contributed by atoms with van der Waals surface area (Å²) in [6.07, 6.45) is 2.41. The molecule has 0 radical (unpaired) electrons. The number of rotatable bonds is 3. The van der Waals surface area contributed by atoms with Gasteiger partial charge in [0.1, 0.15) is 10.8 Å². The van der Waals surface area contributed by atoms with Crippen molar-refractivity contribution in [1.82, 2.24) is 4.98 Å². The molecule has 1 unspecified atom stereocenters. The van der Waals surface area contributed by atoms with Crippen molar-refractivity contribution >= 4 is 11.3 Å². The topological polar surface area (TPSA) is 38.9 Å². The molecule has 1 fully saturated rings. The number of hydrogen-bond acceptors (Lipinski definition) is 3. The lowest BCUT2D eigenvalue weighted by Gasteiger charge is -2.04. The fraction of sp³-hybridized carbons (Fsp3) is 0.357. The molecule has 1 saturated carbocycles. The Hall–Kier alpha value is -1.26. The van der Waals surface area contributed by atoms with Gasteiger partial charge in [0, 0.05) is 10.4 Å². The predicted molar refractivity (Wildman–Crippen MR) is 71.9 cm³/mol. The first kappa shape index (κ1) is 11.8. The summed E-state index contributed by atoms with van der Waals surface area (Å²) in [7, 11) is 0. The highest BCUT2D eigenvalue weighted by Crippen LogP contribution is 2.42. The Kier molecular flexibility index (Phi) is 2.92. The fourth-order valence-corrected chi connectivity index (χ4v) is 3.16. The molecular formula is C14H15FN2S. The van der Waals surface area contributed by atoms with Gasteiger partial charge in [0.05, 0.1) is 11.7 Å². The summed E-state index contributed by atoms with van der Waals surface area (Å²) in [4.78, 5) is 5.71. The van der Waals surface area contributed by atoms with E-state index >= 15 is 0 Å². The van der Waals surface area contributed by atoms with E-state index in [4.69, 9.17) is 5.73 Å². The molecule has 0 amide bonds. The van der Waals surface area contributed by atoms with Crippen LogP contribution in [0, 0.1) is 18.7 Å². The lowest BCUT2D eigenvalue weighted by molar-refractivity contribution is 0.627. The van der Waals surface area contributed by atoms with Crippen LogP contribution in [0.15, 0.2) is 24.3 Å². The van der Waals surface area contributed by atoms with Crippen LogP contribution >= 0.6 is 11.3 Å². The Morgan fingerprint density at radius 1 is 1.44 bits per heavy atom. The molecule has 4 heteroatoms. The molecule has 18 heavy (non-hydrogen) atoms. The summed E-state index contributed by atoms with van der Waals surface area (Å²) in [5.74, 6) is 0.365. The van der Waals surface area contributed by atoms with E-state index in [9.17, 15) is 4.39 Å². The second-order valence-electron chi connectivity index (χ2n) is 4.83. The number of halogens is 1. The number of thiazole rings is 1. The zero-order valence-corrected chi connectivity index (χ0v) is 11.0. The molecule has 94 valence electrons. The van der Waals surface area contributed by atoms with Crippen LogP contribution in [-0.2, 0) is 0 Å². The van der Waals surface area contributed by atoms with Gasteiger partial charge >= 0.3 is 0 Å². The van der Waals surface area contributed by atoms with Crippen LogP contribution in [0.4, 0.5) is 4.39 Å². The molecule has 0 bridgehead atoms. The number of nitrogens with two attached hydrogens (primary N) is 1. The summed E-state index contributed by atoms with van der Waals surface area (Å²) in [6.45, 7) is 2.01. The van der Waals surface area contributed by atoms with Crippen molar-refractivity contribution in [3.8, 4) is 11.3 Å². The minimum atomic E-state index is -0.229. The fourth-order valence-electron chi connectivity index (χ4n) is 2.12. The lowest BCUT2D eigenvalue weighted by Crippen LogP contribution is -2.11. The molecule has 1 aliphatic carbocycles. The highest BCUT2D eigenvalue weighted by molar-refractivity contribution is 7.12. The summed E-state index contributed by atoms with van der Waals surface area (Å²) < 4.78 is 13.2. The Balaban J connectivity index is 1.97. The Labute approximate surface area is 110 Å². The minimum absolute atomic E-state index is 0.0519. The number of hydrogen-bond donors (Lipinski definition) is 1. The van der Waals surface area contributed by atoms with Gasteiger partial charge < -0.3 is 5.73 Å². The standard InChI is InChI=1S/C14H15FN2S/c1-8-13(10-3-2-4-11(15)7-10)17-14(18-8)12(16)9-5-6-9/h2-4,7,9,12H,5-6,16H2,1H3. The number of aryl methyl sites for hydroxylation is 1. The van der Waals surface area contributed by atoms with Gasteiger partial charge in [-0.25, -0.2) is 9.37 Å². The second kappa shape index (κ2) is 4.44. The van der Waals surface area contributed by atoms with E-state index < -0.39 is 0 Å². The molecule has 1 aromatic heterocycles. The molecule has 2 nitrogen and oxygen atoms in total. The van der Waals surface area contributed by atoms with Crippen molar-refractivity contribution < 1.29 is 4.39 Å². The lowest BCUT2D eigenvalue weighted by atomic mass is 10.1. The van der Waals surface area contributed by atoms with Crippen LogP contribution < -0.4 is 5.73 Å². The molecule has 2 N–H and O–H groups in total. The molecule has 1 heterocycles. The average Bonchev–Trinajstić information content (AvgIpc) is 3.11. The van der Waals surface area contributed by atoms with E-state index in [1.165, 1.54) is 25.0 Å². The van der Waals surface area contributed by atoms with Crippen molar-refractivity contribution in [2.45, 2.75) is 25.8 Å². The maximum Gasteiger partial charge on any atom is 0.123 e. The molecule has 1 atom stereocenters. The molecule has 3 rings (SSSR count). The van der Waals surface area contributed by atoms with Gasteiger partial charge in [-0.2, -0.15) is 0 Å². The average molecular weight is 262 g/mol. The van der Waals surface area contributed by atoms with Crippen molar-refractivity contribution in [3.05, 3.63) is 40.0 Å². The Morgan fingerprint density at radius 2 is 2.22 bits per heavy atom. The van der Waals surface area contributed by atoms with Crippen molar-refractivity contribution in [3.63, 3.8) is 0 Å². The molecular weight excluding hydrogens is 247 g/mol. The highest BCUT2D eigenvalue weighted by Gasteiger charge is 2.31. The van der Waals surface area contributed by atoms with Gasteiger partial charge in [0.2, 0.25) is 0 Å². The third kappa shape index (κ3) is 2.18. The van der Waals surface area contributed by atoms with Crippen LogP contribution in [0.25, 0.3) is 11.3 Å². The molecule has 2 aromatic rings. The third-order valence-electron chi connectivity index (χ3n) is 3.33. The van der Waals surface area contributed by atoms with E-state index in [1.54, 1.807) is 17.4 Å². The van der Waals surface area contributed by atoms with Gasteiger partial charge in [-0.3, -0.25) is 0 Å². The maximum atomic E-state index is 13.2. The summed E-state index contributed by atoms with van der Waals surface area (Å²) in [5.41, 5.74) is 7.86. The van der Waals surface area contributed by atoms with E-state index in [1.807, 2.05) is 13.0 Å². The summed E-state index contributed by atoms with van der Waals surface area (Å²) in [6, 6.07) is 6.62. The molecule has 0 aliphatic heterocycles. The zero-order valence-electron chi connectivity index (χ0n) is 10.2. The quantitative estimate of drug-likeness (QED) is 0.916. The predicted octanol–water partition coefficient (Wildman–Crippen LogP) is 3.67. The summed E-state index contributed by atoms with van der Waals surface area (Å²) >= 11 is 1.63. The van der Waals surface area contributed by atoms with E-state index in [-0.39, 0.29) is 11.9 Å². The molecule has 1 aliphatic rings. The number of aromatic nitrogens is 1. The largest absolute Gasteiger partial charge is 0.322 e. The first-order chi connectivity index (χ1) is 8.65. The van der Waals surface area contributed by atoms with Crippen LogP contribution in [0.5, 0.6) is 0 Å². The first-order valence-corrected chi connectivity index (χ1v) is 6.95. The number of nitrogens with zero attached hydrogens (tertiary/aromatic N) is 1. The normalized spacial score (nSPS) is 16.8. The first-order valence-electron chi connectivity index (χ1n) is 6.14. The van der Waals surface area contributed by atoms with Gasteiger partial charge in [-0.1, -0.05) is 12.1 Å². The second-order valence-corrected chi connectivity index (χ2v) is 6.07. The molecule has 0 spiro atoms. The SMILES string of the molecule is Cc1sc(C(N)C2CC2)nc1-c1cccc(F)c1. The van der Waals surface area contributed by atoms with E-state index in [0.717, 1.165) is 21.1 Å². The Bertz CT molecular complexity index is 575. The van der Waals surface area contributed by atoms with Crippen molar-refractivity contribution in [2.24, 2.45) is 11.7 Å². The van der Waals surface area contributed by atoms with Gasteiger partial charge in [-0.15, -0.1) is 11.3 Å². The van der Waals surface area contributed by atoms with Crippen LogP contribution in [0.3, 0.4) is 0 Å². The van der Waals surface area contributed by atoms with Gasteiger partial charge in [0.15, 0.2) is 0 Å². The smallest absolute Gasteiger partial charge is 0.123 e. The minimum Gasteiger partial charge on any atom is -0.322 e. The Morgan fingerprint density at radius 3 is 2.89 bits per heavy atom. The highest BCUT2D eigenvalue weighted by atomic mass is 32.1. The van der Waals surface area contributed by atoms with Crippen LogP contribution in [-0.4, -0.2) is 4.98 Å². The zero-order chi connectivity index (χ0) is 12.7. The maximum absolute atomic E-state index is 13.2. The molecule has 1 aromatic carbocycles. The van der Waals surface area contributed by atoms with Crippen LogP contribution in [0.1, 0.15) is 28.8 Å². The monoisotopic (exact) mass is 262 g/mol. The van der Waals surface area contributed by atoms with Crippen molar-refractivity contribution in [1.29, 1.82) is 0 Å². The van der Waals surface area contributed by atoms with Crippen molar-refractivity contribution in [2.75, 3.05) is 0 Å². The molecule has 0 saturated heterocycles. The van der Waals surface area contributed by atoms with Crippen LogP contribution in [0.2, 0.25) is 0 Å². The van der Waals surface area contributed by atoms with Gasteiger partial charge in [-0.05, 0) is 37.8 Å².